The zero-order valence-electron chi connectivity index (χ0n) is 24.6. The highest BCUT2D eigenvalue weighted by atomic mass is 14.5. The van der Waals surface area contributed by atoms with E-state index in [1.165, 1.54) is 66.8 Å². The van der Waals surface area contributed by atoms with Crippen LogP contribution in [0.25, 0.3) is 22.3 Å². The van der Waals surface area contributed by atoms with Crippen LogP contribution in [0.15, 0.2) is 109 Å². The molecule has 0 bridgehead atoms. The molecule has 2 aliphatic carbocycles. The Morgan fingerprint density at radius 2 is 0.900 bits per heavy atom. The normalized spacial score (nSPS) is 14.6. The molecule has 40 heavy (non-hydrogen) atoms. The van der Waals surface area contributed by atoms with Crippen LogP contribution in [0, 0.1) is 0 Å². The van der Waals surface area contributed by atoms with Crippen molar-refractivity contribution in [3.05, 3.63) is 154 Å². The van der Waals surface area contributed by atoms with E-state index in [2.05, 4.69) is 151 Å². The van der Waals surface area contributed by atoms with Crippen molar-refractivity contribution >= 4 is 0 Å². The van der Waals surface area contributed by atoms with E-state index in [4.69, 9.17) is 0 Å². The van der Waals surface area contributed by atoms with Gasteiger partial charge in [-0.3, -0.25) is 0 Å². The van der Waals surface area contributed by atoms with Gasteiger partial charge in [-0.25, -0.2) is 0 Å². The average molecular weight is 519 g/mol. The Morgan fingerprint density at radius 3 is 1.48 bits per heavy atom. The third kappa shape index (κ3) is 3.58. The Labute approximate surface area is 239 Å². The first kappa shape index (κ1) is 25.1. The Kier molecular flexibility index (Phi) is 5.36. The SMILES string of the molecule is CC(C)(C)c1ccc2c(c1)C1(c3ccccc3-c3ccc(Cc4ccccc4)cc31)c1cc(C(C)(C)C)ccc1-2. The topological polar surface area (TPSA) is 0 Å². The van der Waals surface area contributed by atoms with E-state index in [9.17, 15) is 0 Å². The van der Waals surface area contributed by atoms with Gasteiger partial charge in [-0.05, 0) is 84.0 Å². The summed E-state index contributed by atoms with van der Waals surface area (Å²) < 4.78 is 0. The number of benzene rings is 5. The molecule has 1 spiro atoms. The van der Waals surface area contributed by atoms with Crippen molar-refractivity contribution in [2.24, 2.45) is 0 Å². The van der Waals surface area contributed by atoms with Crippen LogP contribution in [0.2, 0.25) is 0 Å². The van der Waals surface area contributed by atoms with Gasteiger partial charge >= 0.3 is 0 Å². The summed E-state index contributed by atoms with van der Waals surface area (Å²) in [5.74, 6) is 0. The molecule has 5 aromatic carbocycles. The molecule has 0 saturated heterocycles. The molecule has 0 saturated carbocycles. The van der Waals surface area contributed by atoms with E-state index >= 15 is 0 Å². The maximum Gasteiger partial charge on any atom is 0.0725 e. The molecule has 7 rings (SSSR count). The van der Waals surface area contributed by atoms with Crippen LogP contribution in [0.1, 0.15) is 86.1 Å². The minimum atomic E-state index is -0.328. The van der Waals surface area contributed by atoms with Gasteiger partial charge in [-0.15, -0.1) is 0 Å². The first-order chi connectivity index (χ1) is 19.1. The second kappa shape index (κ2) is 8.55. The number of hydrogen-bond acceptors (Lipinski definition) is 0. The summed E-state index contributed by atoms with van der Waals surface area (Å²) in [7, 11) is 0. The molecule has 198 valence electrons. The molecule has 0 aliphatic heterocycles. The Hall–Kier alpha value is -3.90. The molecule has 0 unspecified atom stereocenters. The largest absolute Gasteiger partial charge is 0.0725 e. The van der Waals surface area contributed by atoms with E-state index < -0.39 is 0 Å². The zero-order valence-corrected chi connectivity index (χ0v) is 24.6. The molecule has 0 aromatic heterocycles. The van der Waals surface area contributed by atoms with Gasteiger partial charge in [0, 0.05) is 0 Å². The van der Waals surface area contributed by atoms with Crippen LogP contribution >= 0.6 is 0 Å². The van der Waals surface area contributed by atoms with Gasteiger partial charge in [0.2, 0.25) is 0 Å². The summed E-state index contributed by atoms with van der Waals surface area (Å²) in [5, 5.41) is 0. The van der Waals surface area contributed by atoms with Crippen molar-refractivity contribution in [1.82, 2.24) is 0 Å². The van der Waals surface area contributed by atoms with E-state index in [1.54, 1.807) is 0 Å². The van der Waals surface area contributed by atoms with E-state index in [0.717, 1.165) is 6.42 Å². The molecule has 0 fully saturated rings. The van der Waals surface area contributed by atoms with Crippen LogP contribution in [-0.2, 0) is 22.7 Å². The van der Waals surface area contributed by atoms with Crippen LogP contribution < -0.4 is 0 Å². The molecular weight excluding hydrogens is 480 g/mol. The lowest BCUT2D eigenvalue weighted by molar-refractivity contribution is 0.586. The zero-order chi connectivity index (χ0) is 27.9. The van der Waals surface area contributed by atoms with Gasteiger partial charge in [0.15, 0.2) is 0 Å². The van der Waals surface area contributed by atoms with Crippen LogP contribution in [0.4, 0.5) is 0 Å². The van der Waals surface area contributed by atoms with E-state index in [-0.39, 0.29) is 16.2 Å². The molecule has 5 aromatic rings. The van der Waals surface area contributed by atoms with Crippen molar-refractivity contribution in [2.75, 3.05) is 0 Å². The molecule has 0 nitrogen and oxygen atoms in total. The lowest BCUT2D eigenvalue weighted by atomic mass is 9.68. The summed E-state index contributed by atoms with van der Waals surface area (Å²) in [6.07, 6.45) is 0.935. The third-order valence-corrected chi connectivity index (χ3v) is 9.23. The molecule has 0 atom stereocenters. The molecule has 0 amide bonds. The molecule has 0 heteroatoms. The van der Waals surface area contributed by atoms with Crippen molar-refractivity contribution in [1.29, 1.82) is 0 Å². The first-order valence-corrected chi connectivity index (χ1v) is 14.7. The Bertz CT molecular complexity index is 1710. The first-order valence-electron chi connectivity index (χ1n) is 14.7. The van der Waals surface area contributed by atoms with Crippen molar-refractivity contribution < 1.29 is 0 Å². The third-order valence-electron chi connectivity index (χ3n) is 9.23. The summed E-state index contributed by atoms with van der Waals surface area (Å²) in [6, 6.07) is 41.8. The van der Waals surface area contributed by atoms with Gasteiger partial charge < -0.3 is 0 Å². The predicted molar refractivity (Wildman–Crippen MR) is 169 cm³/mol. The highest BCUT2D eigenvalue weighted by Gasteiger charge is 2.52. The summed E-state index contributed by atoms with van der Waals surface area (Å²) in [4.78, 5) is 0. The molecule has 2 aliphatic rings. The highest BCUT2D eigenvalue weighted by molar-refractivity contribution is 5.95. The summed E-state index contributed by atoms with van der Waals surface area (Å²) >= 11 is 0. The van der Waals surface area contributed by atoms with E-state index in [0.29, 0.717) is 0 Å². The summed E-state index contributed by atoms with van der Waals surface area (Å²) in [6.45, 7) is 14.0. The fourth-order valence-electron chi connectivity index (χ4n) is 7.11. The van der Waals surface area contributed by atoms with Gasteiger partial charge in [0.05, 0.1) is 5.41 Å². The van der Waals surface area contributed by atoms with Gasteiger partial charge in [0.1, 0.15) is 0 Å². The molecule has 0 heterocycles. The number of fused-ring (bicyclic) bond motifs is 10. The second-order valence-electron chi connectivity index (χ2n) is 13.9. The fraction of sp³-hybridized carbons (Fsp3) is 0.250. The van der Waals surface area contributed by atoms with Crippen molar-refractivity contribution in [2.45, 2.75) is 64.2 Å². The van der Waals surface area contributed by atoms with Gasteiger partial charge in [0.25, 0.3) is 0 Å². The Balaban J connectivity index is 1.58. The van der Waals surface area contributed by atoms with E-state index in [1.807, 2.05) is 0 Å². The maximum absolute atomic E-state index is 2.53. The predicted octanol–water partition coefficient (Wildman–Crippen LogP) is 10.2. The van der Waals surface area contributed by atoms with Crippen molar-refractivity contribution in [3.8, 4) is 22.3 Å². The lowest BCUT2D eigenvalue weighted by Crippen LogP contribution is -2.27. The minimum absolute atomic E-state index is 0.0671. The summed E-state index contributed by atoms with van der Waals surface area (Å²) in [5.41, 5.74) is 16.5. The van der Waals surface area contributed by atoms with Gasteiger partial charge in [-0.1, -0.05) is 151 Å². The van der Waals surface area contributed by atoms with Crippen LogP contribution in [-0.4, -0.2) is 0 Å². The molecule has 0 N–H and O–H groups in total. The lowest BCUT2D eigenvalue weighted by Gasteiger charge is -2.33. The van der Waals surface area contributed by atoms with Crippen LogP contribution in [0.5, 0.6) is 0 Å². The maximum atomic E-state index is 2.53. The monoisotopic (exact) mass is 518 g/mol. The van der Waals surface area contributed by atoms with Crippen LogP contribution in [0.3, 0.4) is 0 Å². The highest BCUT2D eigenvalue weighted by Crippen LogP contribution is 2.63. The minimum Gasteiger partial charge on any atom is -0.0622 e. The second-order valence-corrected chi connectivity index (χ2v) is 13.9. The quantitative estimate of drug-likeness (QED) is 0.213. The standard InChI is InChI=1S/C40H38/c1-38(2,3)28-17-20-32-33-21-18-29(39(4,5)6)25-37(33)40(36(32)24-28)34-15-11-10-14-30(34)31-19-16-27(23-35(31)40)22-26-12-8-7-9-13-26/h7-21,23-25H,22H2,1-6H3. The Morgan fingerprint density at radius 1 is 0.425 bits per heavy atom. The van der Waals surface area contributed by atoms with Gasteiger partial charge in [-0.2, -0.15) is 0 Å². The number of rotatable bonds is 2. The average Bonchev–Trinajstić information content (AvgIpc) is 3.39. The molecular formula is C40H38. The number of hydrogen-bond donors (Lipinski definition) is 0. The molecule has 0 radical (unpaired) electrons. The fourth-order valence-corrected chi connectivity index (χ4v) is 7.11. The smallest absolute Gasteiger partial charge is 0.0622 e. The van der Waals surface area contributed by atoms with Crippen molar-refractivity contribution in [3.63, 3.8) is 0 Å².